The number of carbonyl (C=O) groups is 1. The number of hydrogen-bond donors (Lipinski definition) is 3. The number of rotatable bonds is 5. The zero-order chi connectivity index (χ0) is 12.8. The van der Waals surface area contributed by atoms with Gasteiger partial charge in [-0.15, -0.1) is 5.10 Å². The first-order valence-electron chi connectivity index (χ1n) is 5.48. The summed E-state index contributed by atoms with van der Waals surface area (Å²) in [6, 6.07) is 6.90. The predicted molar refractivity (Wildman–Crippen MR) is 66.6 cm³/mol. The highest BCUT2D eigenvalue weighted by Crippen LogP contribution is 2.07. The first-order chi connectivity index (χ1) is 8.79. The van der Waals surface area contributed by atoms with Crippen molar-refractivity contribution in [2.75, 3.05) is 12.0 Å². The Morgan fingerprint density at radius 1 is 1.33 bits per heavy atom. The van der Waals surface area contributed by atoms with Crippen molar-refractivity contribution in [3.63, 3.8) is 0 Å². The molecule has 0 atom stereocenters. The molecule has 0 aliphatic carbocycles. The van der Waals surface area contributed by atoms with Crippen LogP contribution in [0.4, 0.5) is 5.69 Å². The molecule has 18 heavy (non-hydrogen) atoms. The van der Waals surface area contributed by atoms with Crippen molar-refractivity contribution < 1.29 is 4.79 Å². The molecule has 7 heteroatoms. The van der Waals surface area contributed by atoms with Crippen LogP contribution in [-0.2, 0) is 6.54 Å². The lowest BCUT2D eigenvalue weighted by molar-refractivity contribution is 0.0952. The van der Waals surface area contributed by atoms with Gasteiger partial charge in [0.2, 0.25) is 0 Å². The maximum Gasteiger partial charge on any atom is 0.251 e. The van der Waals surface area contributed by atoms with Crippen LogP contribution in [0.25, 0.3) is 0 Å². The Morgan fingerprint density at radius 3 is 2.72 bits per heavy atom. The molecule has 1 aromatic heterocycles. The van der Waals surface area contributed by atoms with E-state index in [1.807, 2.05) is 0 Å². The molecule has 0 saturated carbocycles. The maximum absolute atomic E-state index is 11.8. The van der Waals surface area contributed by atoms with Crippen molar-refractivity contribution in [3.05, 3.63) is 42.2 Å². The van der Waals surface area contributed by atoms with Crippen LogP contribution in [-0.4, -0.2) is 27.4 Å². The fourth-order valence-corrected chi connectivity index (χ4v) is 1.46. The van der Waals surface area contributed by atoms with Gasteiger partial charge < -0.3 is 10.7 Å². The van der Waals surface area contributed by atoms with Gasteiger partial charge in [0.15, 0.2) is 0 Å². The van der Waals surface area contributed by atoms with E-state index in [-0.39, 0.29) is 5.91 Å². The second-order valence-electron chi connectivity index (χ2n) is 3.64. The smallest absolute Gasteiger partial charge is 0.251 e. The monoisotopic (exact) mass is 246 g/mol. The fourth-order valence-electron chi connectivity index (χ4n) is 1.46. The number of nitrogens with zero attached hydrogens (tertiary/aromatic N) is 3. The summed E-state index contributed by atoms with van der Waals surface area (Å²) in [5.74, 6) is 5.12. The molecule has 1 aromatic carbocycles. The van der Waals surface area contributed by atoms with E-state index in [0.717, 1.165) is 5.69 Å². The third-order valence-corrected chi connectivity index (χ3v) is 2.41. The van der Waals surface area contributed by atoms with Crippen molar-refractivity contribution in [3.8, 4) is 0 Å². The average molecular weight is 246 g/mol. The van der Waals surface area contributed by atoms with E-state index in [9.17, 15) is 4.79 Å². The molecule has 0 unspecified atom stereocenters. The van der Waals surface area contributed by atoms with Crippen LogP contribution in [0.2, 0.25) is 0 Å². The summed E-state index contributed by atoms with van der Waals surface area (Å²) in [6.45, 7) is 1.09. The third-order valence-electron chi connectivity index (χ3n) is 2.41. The molecule has 0 fully saturated rings. The summed E-state index contributed by atoms with van der Waals surface area (Å²) in [5.41, 5.74) is 3.85. The lowest BCUT2D eigenvalue weighted by atomic mass is 10.2. The third kappa shape index (κ3) is 3.05. The normalized spacial score (nSPS) is 10.1. The zero-order valence-electron chi connectivity index (χ0n) is 9.71. The molecule has 2 aromatic rings. The molecule has 7 nitrogen and oxygen atoms in total. The molecule has 1 amide bonds. The molecule has 4 N–H and O–H groups in total. The van der Waals surface area contributed by atoms with Crippen LogP contribution in [0, 0.1) is 0 Å². The van der Waals surface area contributed by atoms with Crippen LogP contribution in [0.3, 0.4) is 0 Å². The highest BCUT2D eigenvalue weighted by atomic mass is 16.1. The second-order valence-corrected chi connectivity index (χ2v) is 3.64. The molecule has 2 rings (SSSR count). The second kappa shape index (κ2) is 5.78. The summed E-state index contributed by atoms with van der Waals surface area (Å²) in [6.07, 6.45) is 3.34. The van der Waals surface area contributed by atoms with Crippen molar-refractivity contribution in [2.24, 2.45) is 5.84 Å². The number of anilines is 1. The summed E-state index contributed by atoms with van der Waals surface area (Å²) >= 11 is 0. The summed E-state index contributed by atoms with van der Waals surface area (Å²) in [5, 5.41) is 10.3. The lowest BCUT2D eigenvalue weighted by Gasteiger charge is -2.06. The van der Waals surface area contributed by atoms with Crippen LogP contribution in [0.1, 0.15) is 10.4 Å². The van der Waals surface area contributed by atoms with Crippen LogP contribution < -0.4 is 16.6 Å². The van der Waals surface area contributed by atoms with Gasteiger partial charge in [-0.05, 0) is 24.3 Å². The standard InChI is InChI=1S/C11H14N6O/c12-15-10-3-1-9(2-4-10)11(18)13-5-7-17-8-6-14-16-17/h1-4,6,8,15H,5,7,12H2,(H,13,18). The topological polar surface area (TPSA) is 97.9 Å². The van der Waals surface area contributed by atoms with Gasteiger partial charge in [0.05, 0.1) is 12.7 Å². The SMILES string of the molecule is NNc1ccc(C(=O)NCCn2ccnn2)cc1. The first-order valence-corrected chi connectivity index (χ1v) is 5.48. The van der Waals surface area contributed by atoms with Crippen molar-refractivity contribution in [2.45, 2.75) is 6.54 Å². The zero-order valence-corrected chi connectivity index (χ0v) is 9.71. The molecule has 0 saturated heterocycles. The number of aromatic nitrogens is 3. The Bertz CT molecular complexity index is 493. The number of nitrogens with two attached hydrogens (primary N) is 1. The molecule has 0 aliphatic heterocycles. The highest BCUT2D eigenvalue weighted by molar-refractivity contribution is 5.94. The number of hydrogen-bond acceptors (Lipinski definition) is 5. The van der Waals surface area contributed by atoms with Gasteiger partial charge in [0, 0.05) is 24.0 Å². The minimum atomic E-state index is -0.126. The Labute approximate surface area is 104 Å². The number of amides is 1. The highest BCUT2D eigenvalue weighted by Gasteiger charge is 2.04. The van der Waals surface area contributed by atoms with Gasteiger partial charge in [-0.1, -0.05) is 5.21 Å². The summed E-state index contributed by atoms with van der Waals surface area (Å²) in [7, 11) is 0. The average Bonchev–Trinajstić information content (AvgIpc) is 2.92. The number of nitrogens with one attached hydrogen (secondary N) is 2. The van der Waals surface area contributed by atoms with Gasteiger partial charge in [-0.2, -0.15) is 0 Å². The lowest BCUT2D eigenvalue weighted by Crippen LogP contribution is -2.27. The maximum atomic E-state index is 11.8. The van der Waals surface area contributed by atoms with E-state index < -0.39 is 0 Å². The van der Waals surface area contributed by atoms with Crippen LogP contribution in [0.5, 0.6) is 0 Å². The molecule has 0 aliphatic rings. The van der Waals surface area contributed by atoms with Crippen molar-refractivity contribution >= 4 is 11.6 Å². The molecule has 0 radical (unpaired) electrons. The van der Waals surface area contributed by atoms with E-state index >= 15 is 0 Å². The molecular formula is C11H14N6O. The van der Waals surface area contributed by atoms with E-state index in [4.69, 9.17) is 5.84 Å². The molecule has 0 bridgehead atoms. The quantitative estimate of drug-likeness (QED) is 0.509. The number of nitrogen functional groups attached to an aromatic ring is 1. The summed E-state index contributed by atoms with van der Waals surface area (Å²) in [4.78, 5) is 11.8. The van der Waals surface area contributed by atoms with E-state index in [1.165, 1.54) is 0 Å². The number of benzene rings is 1. The van der Waals surface area contributed by atoms with E-state index in [1.54, 1.807) is 41.3 Å². The van der Waals surface area contributed by atoms with Gasteiger partial charge in [-0.25, -0.2) is 0 Å². The Kier molecular flexibility index (Phi) is 3.87. The van der Waals surface area contributed by atoms with Gasteiger partial charge >= 0.3 is 0 Å². The molecule has 94 valence electrons. The predicted octanol–water partition coefficient (Wildman–Crippen LogP) is -0.00630. The van der Waals surface area contributed by atoms with Crippen molar-refractivity contribution in [1.29, 1.82) is 0 Å². The van der Waals surface area contributed by atoms with E-state index in [2.05, 4.69) is 21.1 Å². The van der Waals surface area contributed by atoms with Gasteiger partial charge in [-0.3, -0.25) is 15.3 Å². The van der Waals surface area contributed by atoms with E-state index in [0.29, 0.717) is 18.7 Å². The van der Waals surface area contributed by atoms with Gasteiger partial charge in [0.25, 0.3) is 5.91 Å². The Balaban J connectivity index is 1.83. The first kappa shape index (κ1) is 12.1. The molecular weight excluding hydrogens is 232 g/mol. The van der Waals surface area contributed by atoms with Gasteiger partial charge in [0.1, 0.15) is 0 Å². The largest absolute Gasteiger partial charge is 0.350 e. The molecule has 0 spiro atoms. The Hall–Kier alpha value is -2.41. The van der Waals surface area contributed by atoms with Crippen LogP contribution in [0.15, 0.2) is 36.7 Å². The fraction of sp³-hybridized carbons (Fsp3) is 0.182. The minimum absolute atomic E-state index is 0.126. The number of carbonyl (C=O) groups excluding carboxylic acids is 1. The number of hydrazine groups is 1. The minimum Gasteiger partial charge on any atom is -0.350 e. The molecule has 1 heterocycles. The van der Waals surface area contributed by atoms with Crippen molar-refractivity contribution in [1.82, 2.24) is 20.3 Å². The summed E-state index contributed by atoms with van der Waals surface area (Å²) < 4.78 is 1.65. The van der Waals surface area contributed by atoms with Crippen LogP contribution >= 0.6 is 0 Å². The Morgan fingerprint density at radius 2 is 2.11 bits per heavy atom.